The lowest BCUT2D eigenvalue weighted by Crippen LogP contribution is -2.43. The van der Waals surface area contributed by atoms with Crippen LogP contribution in [0.5, 0.6) is 0 Å². The maximum Gasteiger partial charge on any atom is 0.223 e. The van der Waals surface area contributed by atoms with E-state index >= 15 is 0 Å². The standard InChI is InChI=1S/C19H23ClN2O2/c1-2-14-7-5-6-12-22(14)19(23)11-10-18-21-13-17(24-18)15-8-3-4-9-16(15)20/h3-4,8-9,13-14H,2,5-7,10-12H2,1H3. The summed E-state index contributed by atoms with van der Waals surface area (Å²) >= 11 is 6.18. The summed E-state index contributed by atoms with van der Waals surface area (Å²) < 4.78 is 5.78. The van der Waals surface area contributed by atoms with Gasteiger partial charge < -0.3 is 9.32 Å². The minimum absolute atomic E-state index is 0.207. The van der Waals surface area contributed by atoms with E-state index < -0.39 is 0 Å². The molecular formula is C19H23ClN2O2. The summed E-state index contributed by atoms with van der Waals surface area (Å²) in [4.78, 5) is 18.8. The van der Waals surface area contributed by atoms with Gasteiger partial charge in [0.2, 0.25) is 5.91 Å². The Morgan fingerprint density at radius 1 is 1.38 bits per heavy atom. The third-order valence-electron chi connectivity index (χ3n) is 4.66. The van der Waals surface area contributed by atoms with E-state index in [4.69, 9.17) is 16.0 Å². The SMILES string of the molecule is CCC1CCCCN1C(=O)CCc1ncc(-c2ccccc2Cl)o1. The zero-order valence-electron chi connectivity index (χ0n) is 14.0. The van der Waals surface area contributed by atoms with Gasteiger partial charge in [0.15, 0.2) is 11.7 Å². The van der Waals surface area contributed by atoms with Crippen LogP contribution >= 0.6 is 11.6 Å². The predicted octanol–water partition coefficient (Wildman–Crippen LogP) is 4.72. The molecule has 0 radical (unpaired) electrons. The summed E-state index contributed by atoms with van der Waals surface area (Å²) in [5.41, 5.74) is 0.825. The Hall–Kier alpha value is -1.81. The van der Waals surface area contributed by atoms with Gasteiger partial charge in [-0.3, -0.25) is 4.79 Å². The van der Waals surface area contributed by atoms with Gasteiger partial charge in [-0.25, -0.2) is 4.98 Å². The van der Waals surface area contributed by atoms with Crippen molar-refractivity contribution < 1.29 is 9.21 Å². The normalized spacial score (nSPS) is 17.9. The van der Waals surface area contributed by atoms with Gasteiger partial charge in [-0.05, 0) is 37.8 Å². The van der Waals surface area contributed by atoms with Crippen molar-refractivity contribution in [3.8, 4) is 11.3 Å². The number of halogens is 1. The molecule has 1 aromatic heterocycles. The van der Waals surface area contributed by atoms with Crippen molar-refractivity contribution in [3.63, 3.8) is 0 Å². The summed E-state index contributed by atoms with van der Waals surface area (Å²) in [6.07, 6.45) is 7.13. The molecule has 2 heterocycles. The molecule has 1 unspecified atom stereocenters. The number of piperidine rings is 1. The molecule has 24 heavy (non-hydrogen) atoms. The molecule has 1 fully saturated rings. The van der Waals surface area contributed by atoms with Crippen LogP contribution in [0.15, 0.2) is 34.9 Å². The molecule has 0 saturated carbocycles. The average Bonchev–Trinajstić information content (AvgIpc) is 3.08. The van der Waals surface area contributed by atoms with Gasteiger partial charge in [0, 0.05) is 31.0 Å². The molecule has 0 N–H and O–H groups in total. The van der Waals surface area contributed by atoms with Crippen LogP contribution in [0, 0.1) is 0 Å². The predicted molar refractivity (Wildman–Crippen MR) is 94.9 cm³/mol. The van der Waals surface area contributed by atoms with Gasteiger partial charge in [0.05, 0.1) is 11.2 Å². The maximum absolute atomic E-state index is 12.5. The Bertz CT molecular complexity index is 698. The fourth-order valence-electron chi connectivity index (χ4n) is 3.32. The van der Waals surface area contributed by atoms with E-state index in [1.165, 1.54) is 6.42 Å². The average molecular weight is 347 g/mol. The van der Waals surface area contributed by atoms with Crippen molar-refractivity contribution in [2.75, 3.05) is 6.54 Å². The van der Waals surface area contributed by atoms with Crippen molar-refractivity contribution in [1.29, 1.82) is 0 Å². The molecule has 1 amide bonds. The van der Waals surface area contributed by atoms with E-state index in [0.717, 1.165) is 31.4 Å². The monoisotopic (exact) mass is 346 g/mol. The summed E-state index contributed by atoms with van der Waals surface area (Å²) in [5.74, 6) is 1.44. The lowest BCUT2D eigenvalue weighted by Gasteiger charge is -2.35. The second kappa shape index (κ2) is 7.84. The molecule has 1 aliphatic heterocycles. The second-order valence-electron chi connectivity index (χ2n) is 6.24. The molecule has 4 nitrogen and oxygen atoms in total. The Kier molecular flexibility index (Phi) is 5.56. The second-order valence-corrected chi connectivity index (χ2v) is 6.65. The first kappa shape index (κ1) is 17.0. The number of nitrogens with zero attached hydrogens (tertiary/aromatic N) is 2. The molecule has 1 saturated heterocycles. The van der Waals surface area contributed by atoms with Crippen molar-refractivity contribution in [2.24, 2.45) is 0 Å². The number of aryl methyl sites for hydroxylation is 1. The summed E-state index contributed by atoms with van der Waals surface area (Å²) in [5, 5.41) is 0.635. The molecule has 1 atom stereocenters. The number of hydrogen-bond donors (Lipinski definition) is 0. The molecule has 1 aromatic carbocycles. The van der Waals surface area contributed by atoms with E-state index in [0.29, 0.717) is 35.6 Å². The number of benzene rings is 1. The molecule has 0 spiro atoms. The third kappa shape index (κ3) is 3.81. The Labute approximate surface area is 147 Å². The fraction of sp³-hybridized carbons (Fsp3) is 0.474. The number of rotatable bonds is 5. The molecule has 0 bridgehead atoms. The topological polar surface area (TPSA) is 46.3 Å². The highest BCUT2D eigenvalue weighted by Gasteiger charge is 2.25. The third-order valence-corrected chi connectivity index (χ3v) is 4.99. The van der Waals surface area contributed by atoms with E-state index in [1.54, 1.807) is 6.20 Å². The zero-order chi connectivity index (χ0) is 16.9. The van der Waals surface area contributed by atoms with Crippen LogP contribution in [0.2, 0.25) is 5.02 Å². The smallest absolute Gasteiger partial charge is 0.223 e. The van der Waals surface area contributed by atoms with Crippen LogP contribution < -0.4 is 0 Å². The van der Waals surface area contributed by atoms with Crippen LogP contribution in [0.1, 0.15) is 44.9 Å². The Balaban J connectivity index is 1.61. The first-order chi connectivity index (χ1) is 11.7. The van der Waals surface area contributed by atoms with Crippen LogP contribution in [-0.4, -0.2) is 28.4 Å². The van der Waals surface area contributed by atoms with Crippen molar-refractivity contribution in [3.05, 3.63) is 41.4 Å². The van der Waals surface area contributed by atoms with Crippen LogP contribution in [0.4, 0.5) is 0 Å². The van der Waals surface area contributed by atoms with Gasteiger partial charge >= 0.3 is 0 Å². The number of aromatic nitrogens is 1. The number of hydrogen-bond acceptors (Lipinski definition) is 3. The van der Waals surface area contributed by atoms with Crippen LogP contribution in [-0.2, 0) is 11.2 Å². The fourth-order valence-corrected chi connectivity index (χ4v) is 3.55. The highest BCUT2D eigenvalue weighted by atomic mass is 35.5. The number of oxazole rings is 1. The summed E-state index contributed by atoms with van der Waals surface area (Å²) in [6, 6.07) is 7.91. The number of amides is 1. The van der Waals surface area contributed by atoms with Crippen LogP contribution in [0.25, 0.3) is 11.3 Å². The minimum atomic E-state index is 0.207. The highest BCUT2D eigenvalue weighted by molar-refractivity contribution is 6.33. The maximum atomic E-state index is 12.5. The van der Waals surface area contributed by atoms with Gasteiger partial charge in [-0.2, -0.15) is 0 Å². The van der Waals surface area contributed by atoms with E-state index in [1.807, 2.05) is 29.2 Å². The minimum Gasteiger partial charge on any atom is -0.441 e. The first-order valence-electron chi connectivity index (χ1n) is 8.68. The lowest BCUT2D eigenvalue weighted by molar-refractivity contribution is -0.135. The van der Waals surface area contributed by atoms with Gasteiger partial charge in [0.25, 0.3) is 0 Å². The largest absolute Gasteiger partial charge is 0.441 e. The molecule has 3 rings (SSSR count). The quantitative estimate of drug-likeness (QED) is 0.787. The van der Waals surface area contributed by atoms with E-state index in [-0.39, 0.29) is 5.91 Å². The zero-order valence-corrected chi connectivity index (χ0v) is 14.8. The first-order valence-corrected chi connectivity index (χ1v) is 9.06. The molecule has 1 aliphatic rings. The van der Waals surface area contributed by atoms with Gasteiger partial charge in [0.1, 0.15) is 0 Å². The molecule has 5 heteroatoms. The Morgan fingerprint density at radius 3 is 3.00 bits per heavy atom. The Morgan fingerprint density at radius 2 is 2.21 bits per heavy atom. The number of carbonyl (C=O) groups is 1. The number of carbonyl (C=O) groups excluding carboxylic acids is 1. The van der Waals surface area contributed by atoms with Crippen molar-refractivity contribution >= 4 is 17.5 Å². The van der Waals surface area contributed by atoms with Crippen molar-refractivity contribution in [2.45, 2.75) is 51.5 Å². The number of likely N-dealkylation sites (tertiary alicyclic amines) is 1. The van der Waals surface area contributed by atoms with Crippen molar-refractivity contribution in [1.82, 2.24) is 9.88 Å². The molecule has 0 aliphatic carbocycles. The highest BCUT2D eigenvalue weighted by Crippen LogP contribution is 2.28. The van der Waals surface area contributed by atoms with Crippen LogP contribution in [0.3, 0.4) is 0 Å². The van der Waals surface area contributed by atoms with Gasteiger partial charge in [-0.15, -0.1) is 0 Å². The molecular weight excluding hydrogens is 324 g/mol. The van der Waals surface area contributed by atoms with E-state index in [9.17, 15) is 4.79 Å². The van der Waals surface area contributed by atoms with Gasteiger partial charge in [-0.1, -0.05) is 30.7 Å². The molecule has 128 valence electrons. The summed E-state index contributed by atoms with van der Waals surface area (Å²) in [6.45, 7) is 3.04. The molecule has 2 aromatic rings. The lowest BCUT2D eigenvalue weighted by atomic mass is 9.99. The van der Waals surface area contributed by atoms with E-state index in [2.05, 4.69) is 11.9 Å². The summed E-state index contributed by atoms with van der Waals surface area (Å²) in [7, 11) is 0.